The van der Waals surface area contributed by atoms with E-state index in [1.165, 1.54) is 22.2 Å². The topological polar surface area (TPSA) is 58.6 Å². The lowest BCUT2D eigenvalue weighted by molar-refractivity contribution is -0.141. The van der Waals surface area contributed by atoms with Crippen molar-refractivity contribution in [2.75, 3.05) is 38.7 Å². The number of fused-ring (bicyclic) bond motifs is 3. The number of carbonyl (C=O) groups is 1. The fourth-order valence-electron chi connectivity index (χ4n) is 3.43. The van der Waals surface area contributed by atoms with E-state index < -0.39 is 6.10 Å². The largest absolute Gasteiger partial charge is 0.365 e. The molecule has 1 aliphatic heterocycles. The second-order valence-electron chi connectivity index (χ2n) is 6.27. The van der Waals surface area contributed by atoms with Crippen LogP contribution in [0.25, 0.3) is 10.2 Å². The van der Waals surface area contributed by atoms with E-state index in [4.69, 9.17) is 4.74 Å². The summed E-state index contributed by atoms with van der Waals surface area (Å²) in [6, 6.07) is 0. The van der Waals surface area contributed by atoms with Gasteiger partial charge in [-0.1, -0.05) is 0 Å². The average Bonchev–Trinajstić information content (AvgIpc) is 3.14. The van der Waals surface area contributed by atoms with E-state index in [0.717, 1.165) is 30.0 Å². The van der Waals surface area contributed by atoms with Crippen LogP contribution in [0.15, 0.2) is 6.33 Å². The standard InChI is InChI=1S/C16H20N4O2S/c1-19(2)16(21)11-8-20(6-7-22-11)14-13-10-4-3-5-12(10)23-15(13)18-9-17-14/h9,11H,3-8H2,1-2H3. The van der Waals surface area contributed by atoms with E-state index in [-0.39, 0.29) is 5.91 Å². The van der Waals surface area contributed by atoms with Crippen molar-refractivity contribution in [1.82, 2.24) is 14.9 Å². The van der Waals surface area contributed by atoms with E-state index in [9.17, 15) is 4.79 Å². The molecule has 0 radical (unpaired) electrons. The minimum absolute atomic E-state index is 0.00977. The van der Waals surface area contributed by atoms with Crippen LogP contribution in [0.2, 0.25) is 0 Å². The molecular formula is C16H20N4O2S. The van der Waals surface area contributed by atoms with Crippen molar-refractivity contribution in [3.63, 3.8) is 0 Å². The number of thiophene rings is 1. The number of amides is 1. The Bertz CT molecular complexity index is 758. The summed E-state index contributed by atoms with van der Waals surface area (Å²) in [6.45, 7) is 1.85. The van der Waals surface area contributed by atoms with Crippen LogP contribution in [0.3, 0.4) is 0 Å². The minimum Gasteiger partial charge on any atom is -0.365 e. The molecule has 23 heavy (non-hydrogen) atoms. The van der Waals surface area contributed by atoms with Crippen molar-refractivity contribution in [2.45, 2.75) is 25.4 Å². The van der Waals surface area contributed by atoms with Crippen molar-refractivity contribution in [3.05, 3.63) is 16.8 Å². The molecule has 1 amide bonds. The highest BCUT2D eigenvalue weighted by atomic mass is 32.1. The first-order chi connectivity index (χ1) is 11.1. The van der Waals surface area contributed by atoms with Gasteiger partial charge < -0.3 is 14.5 Å². The van der Waals surface area contributed by atoms with Crippen molar-refractivity contribution < 1.29 is 9.53 Å². The molecule has 6 nitrogen and oxygen atoms in total. The smallest absolute Gasteiger partial charge is 0.253 e. The predicted octanol–water partition coefficient (Wildman–Crippen LogP) is 1.47. The maximum absolute atomic E-state index is 12.2. The van der Waals surface area contributed by atoms with E-state index in [2.05, 4.69) is 14.9 Å². The monoisotopic (exact) mass is 332 g/mol. The summed E-state index contributed by atoms with van der Waals surface area (Å²) in [6.07, 6.45) is 4.70. The number of anilines is 1. The van der Waals surface area contributed by atoms with E-state index in [1.807, 2.05) is 0 Å². The van der Waals surface area contributed by atoms with Gasteiger partial charge in [0.25, 0.3) is 5.91 Å². The molecule has 0 spiro atoms. The summed E-state index contributed by atoms with van der Waals surface area (Å²) < 4.78 is 5.67. The molecule has 0 aromatic carbocycles. The number of hydrogen-bond acceptors (Lipinski definition) is 6. The van der Waals surface area contributed by atoms with Crippen LogP contribution in [-0.2, 0) is 22.4 Å². The molecule has 4 rings (SSSR count). The number of aryl methyl sites for hydroxylation is 2. The van der Waals surface area contributed by atoms with Crippen LogP contribution in [0.1, 0.15) is 16.9 Å². The molecule has 1 aliphatic carbocycles. The first-order valence-corrected chi connectivity index (χ1v) is 8.79. The molecular weight excluding hydrogens is 312 g/mol. The Morgan fingerprint density at radius 3 is 3.09 bits per heavy atom. The van der Waals surface area contributed by atoms with Gasteiger partial charge in [0.2, 0.25) is 0 Å². The zero-order chi connectivity index (χ0) is 16.0. The Balaban J connectivity index is 1.70. The van der Waals surface area contributed by atoms with Gasteiger partial charge in [0.05, 0.1) is 18.5 Å². The number of morpholine rings is 1. The summed E-state index contributed by atoms with van der Waals surface area (Å²) in [5, 5.41) is 1.20. The van der Waals surface area contributed by atoms with Gasteiger partial charge in [-0.05, 0) is 24.8 Å². The molecule has 1 unspecified atom stereocenters. The fraction of sp³-hybridized carbons (Fsp3) is 0.562. The lowest BCUT2D eigenvalue weighted by Gasteiger charge is -2.34. The van der Waals surface area contributed by atoms with Crippen LogP contribution >= 0.6 is 11.3 Å². The number of aromatic nitrogens is 2. The number of nitrogens with zero attached hydrogens (tertiary/aromatic N) is 4. The SMILES string of the molecule is CN(C)C(=O)C1CN(c2ncnc3sc4c(c23)CCC4)CCO1. The lowest BCUT2D eigenvalue weighted by atomic mass is 10.1. The third kappa shape index (κ3) is 2.48. The van der Waals surface area contributed by atoms with E-state index >= 15 is 0 Å². The molecule has 7 heteroatoms. The molecule has 3 heterocycles. The molecule has 1 saturated heterocycles. The van der Waals surface area contributed by atoms with Crippen molar-refractivity contribution in [3.8, 4) is 0 Å². The second kappa shape index (κ2) is 5.72. The van der Waals surface area contributed by atoms with Gasteiger partial charge >= 0.3 is 0 Å². The van der Waals surface area contributed by atoms with Gasteiger partial charge in [0, 0.05) is 25.5 Å². The molecule has 0 N–H and O–H groups in total. The first-order valence-electron chi connectivity index (χ1n) is 7.98. The fourth-order valence-corrected chi connectivity index (χ4v) is 4.65. The number of ether oxygens (including phenoxy) is 1. The Morgan fingerprint density at radius 2 is 2.26 bits per heavy atom. The van der Waals surface area contributed by atoms with E-state index in [0.29, 0.717) is 13.2 Å². The first kappa shape index (κ1) is 14.8. The summed E-state index contributed by atoms with van der Waals surface area (Å²) in [7, 11) is 3.53. The van der Waals surface area contributed by atoms with Crippen molar-refractivity contribution in [1.29, 1.82) is 0 Å². The molecule has 122 valence electrons. The highest BCUT2D eigenvalue weighted by molar-refractivity contribution is 7.19. The summed E-state index contributed by atoms with van der Waals surface area (Å²) >= 11 is 1.79. The molecule has 2 aliphatic rings. The van der Waals surface area contributed by atoms with Gasteiger partial charge in [0.15, 0.2) is 6.10 Å². The Kier molecular flexibility index (Phi) is 3.69. The van der Waals surface area contributed by atoms with Gasteiger partial charge in [-0.2, -0.15) is 0 Å². The number of hydrogen-bond donors (Lipinski definition) is 0. The van der Waals surface area contributed by atoms with Crippen LogP contribution in [0, 0.1) is 0 Å². The molecule has 1 fully saturated rings. The number of likely N-dealkylation sites (N-methyl/N-ethyl adjacent to an activating group) is 1. The molecule has 0 saturated carbocycles. The normalized spacial score (nSPS) is 20.8. The summed E-state index contributed by atoms with van der Waals surface area (Å²) in [5.74, 6) is 0.977. The molecule has 2 aromatic rings. The van der Waals surface area contributed by atoms with E-state index in [1.54, 1.807) is 36.7 Å². The predicted molar refractivity (Wildman–Crippen MR) is 90.1 cm³/mol. The maximum Gasteiger partial charge on any atom is 0.253 e. The Labute approximate surface area is 139 Å². The lowest BCUT2D eigenvalue weighted by Crippen LogP contribution is -2.49. The Morgan fingerprint density at radius 1 is 1.39 bits per heavy atom. The third-order valence-corrected chi connectivity index (χ3v) is 5.76. The highest BCUT2D eigenvalue weighted by Crippen LogP contribution is 2.40. The summed E-state index contributed by atoms with van der Waals surface area (Å²) in [5.41, 5.74) is 1.42. The van der Waals surface area contributed by atoms with Crippen LogP contribution in [0.5, 0.6) is 0 Å². The number of rotatable bonds is 2. The number of carbonyl (C=O) groups excluding carboxylic acids is 1. The van der Waals surface area contributed by atoms with Gasteiger partial charge in [-0.15, -0.1) is 11.3 Å². The van der Waals surface area contributed by atoms with Gasteiger partial charge in [0.1, 0.15) is 17.0 Å². The minimum atomic E-state index is -0.421. The molecule has 1 atom stereocenters. The van der Waals surface area contributed by atoms with Gasteiger partial charge in [-0.25, -0.2) is 9.97 Å². The molecule has 2 aromatic heterocycles. The second-order valence-corrected chi connectivity index (χ2v) is 7.36. The Hall–Kier alpha value is -1.73. The average molecular weight is 332 g/mol. The van der Waals surface area contributed by atoms with Crippen LogP contribution in [-0.4, -0.2) is 60.7 Å². The van der Waals surface area contributed by atoms with Crippen molar-refractivity contribution >= 4 is 33.3 Å². The zero-order valence-electron chi connectivity index (χ0n) is 13.4. The zero-order valence-corrected chi connectivity index (χ0v) is 14.2. The molecule has 0 bridgehead atoms. The van der Waals surface area contributed by atoms with Crippen LogP contribution < -0.4 is 4.90 Å². The highest BCUT2D eigenvalue weighted by Gasteiger charge is 2.31. The van der Waals surface area contributed by atoms with Gasteiger partial charge in [-0.3, -0.25) is 4.79 Å². The quantitative estimate of drug-likeness (QED) is 0.834. The summed E-state index contributed by atoms with van der Waals surface area (Å²) in [4.78, 5) is 27.5. The maximum atomic E-state index is 12.2. The van der Waals surface area contributed by atoms with Crippen LogP contribution in [0.4, 0.5) is 5.82 Å². The third-order valence-electron chi connectivity index (χ3n) is 4.56. The van der Waals surface area contributed by atoms with Crippen molar-refractivity contribution in [2.24, 2.45) is 0 Å².